The van der Waals surface area contributed by atoms with E-state index in [0.717, 1.165) is 36.8 Å². The topological polar surface area (TPSA) is 50.2 Å². The fourth-order valence-electron chi connectivity index (χ4n) is 3.73. The number of hydrogen-bond acceptors (Lipinski definition) is 3. The van der Waals surface area contributed by atoms with E-state index in [2.05, 4.69) is 26.5 Å². The first-order valence-corrected chi connectivity index (χ1v) is 11.6. The lowest BCUT2D eigenvalue weighted by molar-refractivity contribution is 0.0743. The number of amides is 1. The fraction of sp³-hybridized carbons (Fsp3) is 0.304. The summed E-state index contributed by atoms with van der Waals surface area (Å²) in [5, 5.41) is 7.25. The molecule has 2 aromatic carbocycles. The highest BCUT2D eigenvalue weighted by Gasteiger charge is 2.26. The maximum Gasteiger partial charge on any atom is 0.286 e. The van der Waals surface area contributed by atoms with E-state index in [1.165, 1.54) is 4.68 Å². The Hall–Kier alpha value is -1.86. The van der Waals surface area contributed by atoms with Gasteiger partial charge in [-0.15, -0.1) is 0 Å². The van der Waals surface area contributed by atoms with Gasteiger partial charge in [0, 0.05) is 37.8 Å². The summed E-state index contributed by atoms with van der Waals surface area (Å²) in [5.74, 6) is -0.441. The third-order valence-electron chi connectivity index (χ3n) is 5.25. The van der Waals surface area contributed by atoms with Crippen LogP contribution in [-0.2, 0) is 6.42 Å². The van der Waals surface area contributed by atoms with Gasteiger partial charge in [-0.05, 0) is 49.6 Å². The number of benzene rings is 2. The van der Waals surface area contributed by atoms with Crippen molar-refractivity contribution >= 4 is 45.0 Å². The third-order valence-corrected chi connectivity index (χ3v) is 6.31. The van der Waals surface area contributed by atoms with E-state index in [-0.39, 0.29) is 12.1 Å². The van der Waals surface area contributed by atoms with Gasteiger partial charge >= 0.3 is 0 Å². The van der Waals surface area contributed by atoms with Crippen molar-refractivity contribution in [3.8, 4) is 16.9 Å². The summed E-state index contributed by atoms with van der Waals surface area (Å²) in [7, 11) is 0. The van der Waals surface area contributed by atoms with E-state index >= 15 is 0 Å². The zero-order chi connectivity index (χ0) is 24.5. The van der Waals surface area contributed by atoms with Gasteiger partial charge < -0.3 is 0 Å². The smallest absolute Gasteiger partial charge is 0.283 e. The van der Waals surface area contributed by atoms with E-state index in [9.17, 15) is 4.79 Å². The maximum absolute atomic E-state index is 13.4. The first-order chi connectivity index (χ1) is 16.1. The summed E-state index contributed by atoms with van der Waals surface area (Å²) >= 11 is 16.0. The number of carbonyl (C=O) groups excluding carboxylic acids is 1. The molecule has 1 amide bonds. The lowest BCUT2D eigenvalue weighted by atomic mass is 10.0. The average Bonchev–Trinajstić information content (AvgIpc) is 3.12. The zero-order valence-electron chi connectivity index (χ0n) is 19.7. The van der Waals surface area contributed by atoms with Gasteiger partial charge in [0.15, 0.2) is 5.69 Å². The molecule has 0 radical (unpaired) electrons. The molecule has 3 aromatic rings. The standard InChI is InChI=1S/C23H23BrCl2N4O/c1-2-18-21(23(31)28-29-12-4-3-5-13-29)27-30(20-11-10-17(25)14-19(20)26)22(18)15-6-8-16(24)9-7-15/h6-11,14H,2-5,12-13H2,1H3,(H,28,31)/i1D3. The summed E-state index contributed by atoms with van der Waals surface area (Å²) in [5.41, 5.74) is 5.00. The number of carbonyl (C=O) groups is 1. The molecule has 0 saturated carbocycles. The van der Waals surface area contributed by atoms with E-state index in [1.54, 1.807) is 18.2 Å². The predicted molar refractivity (Wildman–Crippen MR) is 129 cm³/mol. The predicted octanol–water partition coefficient (Wildman–Crippen LogP) is 6.30. The second-order valence-electron chi connectivity index (χ2n) is 7.36. The fourth-order valence-corrected chi connectivity index (χ4v) is 4.49. The second kappa shape index (κ2) is 9.74. The minimum atomic E-state index is -2.32. The average molecular weight is 525 g/mol. The Kier molecular flexibility index (Phi) is 5.87. The Balaban J connectivity index is 1.91. The molecule has 1 aromatic heterocycles. The summed E-state index contributed by atoms with van der Waals surface area (Å²) in [6.07, 6.45) is 2.77. The van der Waals surface area contributed by atoms with E-state index in [1.807, 2.05) is 29.3 Å². The van der Waals surface area contributed by atoms with Crippen LogP contribution in [0.2, 0.25) is 10.0 Å². The molecule has 0 bridgehead atoms. The molecule has 8 heteroatoms. The summed E-state index contributed by atoms with van der Waals surface area (Å²) in [6.45, 7) is -0.838. The molecule has 5 nitrogen and oxygen atoms in total. The van der Waals surface area contributed by atoms with Gasteiger partial charge in [0.2, 0.25) is 0 Å². The Morgan fingerprint density at radius 1 is 1.16 bits per heavy atom. The molecular formula is C23H23BrCl2N4O. The molecule has 0 spiro atoms. The van der Waals surface area contributed by atoms with Crippen molar-refractivity contribution in [3.05, 3.63) is 68.2 Å². The largest absolute Gasteiger partial charge is 0.286 e. The molecule has 31 heavy (non-hydrogen) atoms. The number of halogens is 3. The minimum Gasteiger partial charge on any atom is -0.283 e. The van der Waals surface area contributed by atoms with E-state index < -0.39 is 12.8 Å². The Labute approximate surface area is 204 Å². The number of hydrogen-bond donors (Lipinski definition) is 1. The molecule has 1 fully saturated rings. The Bertz CT molecular complexity index is 1190. The van der Waals surface area contributed by atoms with Crippen molar-refractivity contribution in [2.24, 2.45) is 0 Å². The number of rotatable bonds is 5. The molecule has 1 N–H and O–H groups in total. The third kappa shape index (κ3) is 4.82. The number of nitrogens with zero attached hydrogens (tertiary/aromatic N) is 3. The first kappa shape index (κ1) is 18.7. The molecule has 0 aliphatic carbocycles. The quantitative estimate of drug-likeness (QED) is 0.426. The highest BCUT2D eigenvalue weighted by atomic mass is 79.9. The zero-order valence-corrected chi connectivity index (χ0v) is 19.8. The molecule has 4 rings (SSSR count). The molecule has 0 atom stereocenters. The van der Waals surface area contributed by atoms with Gasteiger partial charge in [0.05, 0.1) is 16.4 Å². The van der Waals surface area contributed by atoms with Crippen molar-refractivity contribution in [1.29, 1.82) is 0 Å². The van der Waals surface area contributed by atoms with E-state index in [4.69, 9.17) is 27.3 Å². The number of hydrazine groups is 1. The molecule has 1 aliphatic heterocycles. The van der Waals surface area contributed by atoms with Crippen LogP contribution >= 0.6 is 39.1 Å². The molecular weight excluding hydrogens is 499 g/mol. The summed E-state index contributed by atoms with van der Waals surface area (Å²) < 4.78 is 26.2. The van der Waals surface area contributed by atoms with Crippen molar-refractivity contribution in [2.45, 2.75) is 32.5 Å². The molecule has 1 saturated heterocycles. The monoisotopic (exact) mass is 523 g/mol. The van der Waals surface area contributed by atoms with Crippen LogP contribution in [0.5, 0.6) is 0 Å². The van der Waals surface area contributed by atoms with Crippen LogP contribution in [0.25, 0.3) is 16.9 Å². The van der Waals surface area contributed by atoms with Gasteiger partial charge in [-0.3, -0.25) is 10.2 Å². The second-order valence-corrected chi connectivity index (χ2v) is 9.11. The van der Waals surface area contributed by atoms with Crippen molar-refractivity contribution < 1.29 is 8.91 Å². The SMILES string of the molecule is [2H]C([2H])([2H])Cc1c(C(=O)NN2CCCCC2)nn(-c2ccc(Cl)cc2Cl)c1-c1ccc(Br)cc1. The van der Waals surface area contributed by atoms with Gasteiger partial charge in [0.25, 0.3) is 5.91 Å². The molecule has 162 valence electrons. The van der Waals surface area contributed by atoms with Gasteiger partial charge in [-0.1, -0.05) is 64.5 Å². The lowest BCUT2D eigenvalue weighted by Gasteiger charge is -2.26. The Morgan fingerprint density at radius 3 is 2.58 bits per heavy atom. The maximum atomic E-state index is 13.4. The summed E-state index contributed by atoms with van der Waals surface area (Å²) in [4.78, 5) is 13.4. The number of aromatic nitrogens is 2. The normalized spacial score (nSPS) is 16.4. The molecule has 0 unspecified atom stereocenters. The lowest BCUT2D eigenvalue weighted by Crippen LogP contribution is -2.45. The highest BCUT2D eigenvalue weighted by molar-refractivity contribution is 9.10. The van der Waals surface area contributed by atoms with Crippen molar-refractivity contribution in [2.75, 3.05) is 13.1 Å². The van der Waals surface area contributed by atoms with Crippen LogP contribution in [0, 0.1) is 0 Å². The van der Waals surface area contributed by atoms with Gasteiger partial charge in [-0.2, -0.15) is 5.10 Å². The molecule has 2 heterocycles. The van der Waals surface area contributed by atoms with Crippen LogP contribution in [0.15, 0.2) is 46.9 Å². The van der Waals surface area contributed by atoms with Gasteiger partial charge in [-0.25, -0.2) is 9.69 Å². The van der Waals surface area contributed by atoms with Crippen LogP contribution < -0.4 is 5.43 Å². The van der Waals surface area contributed by atoms with Crippen LogP contribution in [0.1, 0.15) is 46.3 Å². The molecule has 1 aliphatic rings. The number of nitrogens with one attached hydrogen (secondary N) is 1. The van der Waals surface area contributed by atoms with Crippen molar-refractivity contribution in [3.63, 3.8) is 0 Å². The van der Waals surface area contributed by atoms with Crippen molar-refractivity contribution in [1.82, 2.24) is 20.2 Å². The highest BCUT2D eigenvalue weighted by Crippen LogP contribution is 2.34. The van der Waals surface area contributed by atoms with Gasteiger partial charge in [0.1, 0.15) is 0 Å². The van der Waals surface area contributed by atoms with Crippen LogP contribution in [-0.4, -0.2) is 33.8 Å². The summed E-state index contributed by atoms with van der Waals surface area (Å²) in [6, 6.07) is 12.3. The van der Waals surface area contributed by atoms with Crippen LogP contribution in [0.4, 0.5) is 0 Å². The van der Waals surface area contributed by atoms with E-state index in [0.29, 0.717) is 32.6 Å². The minimum absolute atomic E-state index is 0.0608. The first-order valence-electron chi connectivity index (χ1n) is 11.5. The Morgan fingerprint density at radius 2 is 1.90 bits per heavy atom. The van der Waals surface area contributed by atoms with Crippen LogP contribution in [0.3, 0.4) is 0 Å². The number of piperidine rings is 1.